The van der Waals surface area contributed by atoms with Crippen LogP contribution in [-0.4, -0.2) is 47.4 Å². The molecule has 1 amide bonds. The Balaban J connectivity index is 3.50. The van der Waals surface area contributed by atoms with Gasteiger partial charge in [-0.15, -0.1) is 0 Å². The highest BCUT2D eigenvalue weighted by atomic mass is 16.5. The number of allylic oxidation sites excluding steroid dienone is 5. The van der Waals surface area contributed by atoms with Crippen LogP contribution in [0.5, 0.6) is 0 Å². The van der Waals surface area contributed by atoms with E-state index in [9.17, 15) is 19.8 Å². The number of esters is 1. The third-order valence-corrected chi connectivity index (χ3v) is 10.9. The molecule has 0 rings (SSSR count). The Bertz CT molecular complexity index is 915. The molecule has 0 aliphatic heterocycles. The molecule has 0 aromatic rings. The van der Waals surface area contributed by atoms with Crippen LogP contribution in [0.4, 0.5) is 0 Å². The van der Waals surface area contributed by atoms with E-state index in [4.69, 9.17) is 4.74 Å². The highest BCUT2D eigenvalue weighted by molar-refractivity contribution is 5.76. The van der Waals surface area contributed by atoms with Gasteiger partial charge in [0.25, 0.3) is 0 Å². The zero-order chi connectivity index (χ0) is 40.8. The van der Waals surface area contributed by atoms with Crippen molar-refractivity contribution in [2.75, 3.05) is 13.2 Å². The summed E-state index contributed by atoms with van der Waals surface area (Å²) in [6.45, 7) is 4.82. The van der Waals surface area contributed by atoms with E-state index in [1.165, 1.54) is 148 Å². The molecule has 6 heteroatoms. The van der Waals surface area contributed by atoms with Gasteiger partial charge in [0.05, 0.1) is 25.4 Å². The van der Waals surface area contributed by atoms with Crippen molar-refractivity contribution in [3.63, 3.8) is 0 Å². The van der Waals surface area contributed by atoms with Crippen LogP contribution in [0, 0.1) is 0 Å². The number of rotatable bonds is 44. The number of unbranched alkanes of at least 4 members (excludes halogenated alkanes) is 29. The summed E-state index contributed by atoms with van der Waals surface area (Å²) in [5.74, 6) is -0.112. The summed E-state index contributed by atoms with van der Waals surface area (Å²) in [6.07, 6.45) is 54.2. The summed E-state index contributed by atoms with van der Waals surface area (Å²) in [5.41, 5.74) is 0. The first-order valence-corrected chi connectivity index (χ1v) is 24.3. The number of nitrogens with one attached hydrogen (secondary N) is 1. The zero-order valence-corrected chi connectivity index (χ0v) is 37.1. The predicted molar refractivity (Wildman–Crippen MR) is 241 cm³/mol. The van der Waals surface area contributed by atoms with Crippen LogP contribution in [0.1, 0.15) is 245 Å². The monoisotopic (exact) mass is 788 g/mol. The lowest BCUT2D eigenvalue weighted by Crippen LogP contribution is -2.45. The summed E-state index contributed by atoms with van der Waals surface area (Å²) in [7, 11) is 0. The number of carbonyl (C=O) groups excluding carboxylic acids is 2. The molecule has 0 heterocycles. The van der Waals surface area contributed by atoms with Crippen molar-refractivity contribution in [3.05, 3.63) is 36.5 Å². The first kappa shape index (κ1) is 54.1. The van der Waals surface area contributed by atoms with Crippen molar-refractivity contribution in [2.45, 2.75) is 257 Å². The van der Waals surface area contributed by atoms with Crippen molar-refractivity contribution < 1.29 is 24.5 Å². The van der Waals surface area contributed by atoms with Crippen LogP contribution in [0.15, 0.2) is 36.5 Å². The number of hydrogen-bond donors (Lipinski definition) is 3. The summed E-state index contributed by atoms with van der Waals surface area (Å²) in [5, 5.41) is 22.9. The second-order valence-corrected chi connectivity index (χ2v) is 16.4. The summed E-state index contributed by atoms with van der Waals surface area (Å²) in [6, 6.07) is -0.639. The smallest absolute Gasteiger partial charge is 0.305 e. The van der Waals surface area contributed by atoms with Gasteiger partial charge in [0, 0.05) is 12.8 Å². The molecule has 328 valence electrons. The molecular weight excluding hydrogens is 695 g/mol. The van der Waals surface area contributed by atoms with Crippen LogP contribution in [-0.2, 0) is 14.3 Å². The normalized spacial score (nSPS) is 13.0. The lowest BCUT2D eigenvalue weighted by molar-refractivity contribution is -0.143. The zero-order valence-electron chi connectivity index (χ0n) is 37.1. The molecule has 0 saturated heterocycles. The van der Waals surface area contributed by atoms with Crippen molar-refractivity contribution in [2.24, 2.45) is 0 Å². The standard InChI is InChI=1S/C50H93NO5/c1-3-5-7-9-11-13-15-16-17-18-19-24-28-32-36-40-44-50(55)56-45-41-37-33-29-25-21-20-23-27-31-35-39-43-49(54)51-47(46-52)48(53)42-38-34-30-26-22-14-12-10-8-6-4-2/h13,15,17-18,38,42,47-48,52-53H,3-12,14,16,19-37,39-41,43-46H2,1-2H3,(H,51,54)/b15-13-,18-17-,42-38+. The van der Waals surface area contributed by atoms with Crippen LogP contribution < -0.4 is 5.32 Å². The van der Waals surface area contributed by atoms with Crippen molar-refractivity contribution in [1.29, 1.82) is 0 Å². The van der Waals surface area contributed by atoms with Crippen LogP contribution in [0.2, 0.25) is 0 Å². The molecule has 3 N–H and O–H groups in total. The maximum Gasteiger partial charge on any atom is 0.305 e. The number of aliphatic hydroxyl groups is 2. The molecule has 0 aromatic heterocycles. The van der Waals surface area contributed by atoms with E-state index in [0.717, 1.165) is 70.6 Å². The van der Waals surface area contributed by atoms with E-state index < -0.39 is 12.1 Å². The molecule has 0 spiro atoms. The maximum absolute atomic E-state index is 12.4. The summed E-state index contributed by atoms with van der Waals surface area (Å²) < 4.78 is 5.45. The van der Waals surface area contributed by atoms with Gasteiger partial charge in [-0.2, -0.15) is 0 Å². The maximum atomic E-state index is 12.4. The third kappa shape index (κ3) is 41.7. The largest absolute Gasteiger partial charge is 0.466 e. The topological polar surface area (TPSA) is 95.9 Å². The fraction of sp³-hybridized carbons (Fsp3) is 0.840. The van der Waals surface area contributed by atoms with E-state index in [-0.39, 0.29) is 18.5 Å². The Kier molecular flexibility index (Phi) is 44.2. The first-order chi connectivity index (χ1) is 27.5. The minimum Gasteiger partial charge on any atom is -0.466 e. The average Bonchev–Trinajstić information content (AvgIpc) is 3.20. The van der Waals surface area contributed by atoms with Gasteiger partial charge >= 0.3 is 5.97 Å². The van der Waals surface area contributed by atoms with Crippen LogP contribution in [0.25, 0.3) is 0 Å². The number of aliphatic hydroxyl groups excluding tert-OH is 2. The molecule has 0 aliphatic carbocycles. The SMILES string of the molecule is CCCCCC/C=C\C/C=C\CCCCCCCC(=O)OCCCCCCCCCCCCCCC(=O)NC(CO)C(O)/C=C/CCCCCCCCCCC. The summed E-state index contributed by atoms with van der Waals surface area (Å²) in [4.78, 5) is 24.4. The van der Waals surface area contributed by atoms with Crippen molar-refractivity contribution in [1.82, 2.24) is 5.32 Å². The Hall–Kier alpha value is -1.92. The first-order valence-electron chi connectivity index (χ1n) is 24.3. The fourth-order valence-corrected chi connectivity index (χ4v) is 7.13. The quantitative estimate of drug-likeness (QED) is 0.0325. The lowest BCUT2D eigenvalue weighted by Gasteiger charge is -2.20. The van der Waals surface area contributed by atoms with Crippen molar-refractivity contribution in [3.8, 4) is 0 Å². The number of amides is 1. The van der Waals surface area contributed by atoms with E-state index in [1.54, 1.807) is 6.08 Å². The molecule has 56 heavy (non-hydrogen) atoms. The fourth-order valence-electron chi connectivity index (χ4n) is 7.13. The van der Waals surface area contributed by atoms with Gasteiger partial charge in [0.15, 0.2) is 0 Å². The minimum atomic E-state index is -0.854. The Morgan fingerprint density at radius 1 is 0.500 bits per heavy atom. The van der Waals surface area contributed by atoms with Gasteiger partial charge < -0.3 is 20.3 Å². The van der Waals surface area contributed by atoms with Gasteiger partial charge in [-0.1, -0.05) is 204 Å². The Labute approximate surface area is 347 Å². The molecule has 0 bridgehead atoms. The Morgan fingerprint density at radius 3 is 1.38 bits per heavy atom. The second kappa shape index (κ2) is 45.8. The highest BCUT2D eigenvalue weighted by Gasteiger charge is 2.18. The van der Waals surface area contributed by atoms with E-state index >= 15 is 0 Å². The molecule has 2 atom stereocenters. The number of hydrogen-bond acceptors (Lipinski definition) is 5. The van der Waals surface area contributed by atoms with Gasteiger partial charge in [0.2, 0.25) is 5.91 Å². The van der Waals surface area contributed by atoms with Gasteiger partial charge in [-0.05, 0) is 64.2 Å². The Morgan fingerprint density at radius 2 is 0.893 bits per heavy atom. The molecule has 2 unspecified atom stereocenters. The van der Waals surface area contributed by atoms with E-state index in [1.807, 2.05) is 6.08 Å². The highest BCUT2D eigenvalue weighted by Crippen LogP contribution is 2.14. The van der Waals surface area contributed by atoms with Crippen LogP contribution in [0.3, 0.4) is 0 Å². The molecule has 6 nitrogen and oxygen atoms in total. The molecule has 0 saturated carbocycles. The molecule has 0 aromatic carbocycles. The minimum absolute atomic E-state index is 0.0253. The molecular formula is C50H93NO5. The second-order valence-electron chi connectivity index (χ2n) is 16.4. The van der Waals surface area contributed by atoms with E-state index in [0.29, 0.717) is 19.4 Å². The van der Waals surface area contributed by atoms with Crippen molar-refractivity contribution >= 4 is 11.9 Å². The van der Waals surface area contributed by atoms with Crippen LogP contribution >= 0.6 is 0 Å². The predicted octanol–water partition coefficient (Wildman–Crippen LogP) is 14.1. The number of ether oxygens (including phenoxy) is 1. The number of carbonyl (C=O) groups is 2. The van der Waals surface area contributed by atoms with Gasteiger partial charge in [0.1, 0.15) is 0 Å². The summed E-state index contributed by atoms with van der Waals surface area (Å²) >= 11 is 0. The molecule has 0 radical (unpaired) electrons. The van der Waals surface area contributed by atoms with Gasteiger partial charge in [-0.3, -0.25) is 9.59 Å². The van der Waals surface area contributed by atoms with E-state index in [2.05, 4.69) is 43.5 Å². The van der Waals surface area contributed by atoms with Gasteiger partial charge in [-0.25, -0.2) is 0 Å². The molecule has 0 fully saturated rings. The average molecular weight is 788 g/mol. The lowest BCUT2D eigenvalue weighted by atomic mass is 10.0. The third-order valence-electron chi connectivity index (χ3n) is 10.9. The molecule has 0 aliphatic rings.